The number of aromatic nitrogens is 2. The second-order valence-electron chi connectivity index (χ2n) is 4.72. The number of H-pyrrole nitrogens is 1. The molecule has 1 atom stereocenters. The average molecular weight is 289 g/mol. The Balaban J connectivity index is 2.16. The van der Waals surface area contributed by atoms with Crippen LogP contribution >= 0.6 is 11.8 Å². The topological polar surface area (TPSA) is 71.8 Å². The van der Waals surface area contributed by atoms with E-state index in [2.05, 4.69) is 23.8 Å². The Labute approximate surface area is 122 Å². The molecular weight excluding hydrogens is 270 g/mol. The van der Waals surface area contributed by atoms with Gasteiger partial charge in [-0.05, 0) is 31.0 Å². The van der Waals surface area contributed by atoms with Crippen LogP contribution in [0.3, 0.4) is 0 Å². The third-order valence-corrected chi connectivity index (χ3v) is 4.02. The number of anilines is 1. The predicted molar refractivity (Wildman–Crippen MR) is 84.0 cm³/mol. The first-order valence-electron chi connectivity index (χ1n) is 6.71. The molecule has 106 valence electrons. The number of benzene rings is 1. The minimum atomic E-state index is -0.0875. The van der Waals surface area contributed by atoms with Gasteiger partial charge in [-0.3, -0.25) is 4.79 Å². The maximum Gasteiger partial charge on any atom is 0.251 e. The lowest BCUT2D eigenvalue weighted by molar-refractivity contribution is 0.813. The van der Waals surface area contributed by atoms with E-state index in [4.69, 9.17) is 5.73 Å². The molecule has 1 unspecified atom stereocenters. The Morgan fingerprint density at radius 3 is 2.70 bits per heavy atom. The summed E-state index contributed by atoms with van der Waals surface area (Å²) in [4.78, 5) is 18.9. The van der Waals surface area contributed by atoms with Gasteiger partial charge in [-0.25, -0.2) is 4.98 Å². The lowest BCUT2D eigenvalue weighted by Gasteiger charge is -2.11. The molecule has 0 bridgehead atoms. The molecule has 3 N–H and O–H groups in total. The molecule has 0 aliphatic heterocycles. The van der Waals surface area contributed by atoms with Gasteiger partial charge < -0.3 is 10.7 Å². The number of aryl methyl sites for hydroxylation is 1. The molecule has 0 radical (unpaired) electrons. The highest BCUT2D eigenvalue weighted by atomic mass is 32.2. The zero-order valence-corrected chi connectivity index (χ0v) is 12.5. The van der Waals surface area contributed by atoms with E-state index in [1.54, 1.807) is 17.8 Å². The fourth-order valence-corrected chi connectivity index (χ4v) is 2.88. The predicted octanol–water partition coefficient (Wildman–Crippen LogP) is 3.16. The number of rotatable bonds is 5. The van der Waals surface area contributed by atoms with Crippen molar-refractivity contribution < 1.29 is 0 Å². The molecule has 4 nitrogen and oxygen atoms in total. The van der Waals surface area contributed by atoms with E-state index in [0.717, 1.165) is 29.8 Å². The first kappa shape index (κ1) is 14.7. The first-order valence-corrected chi connectivity index (χ1v) is 7.58. The number of hydrogen-bond acceptors (Lipinski definition) is 4. The SMILES string of the molecule is CCCc1cc(=O)[nH]c(SC(C)c2ccc(N)cc2)n1. The summed E-state index contributed by atoms with van der Waals surface area (Å²) in [6.45, 7) is 4.16. The molecule has 0 amide bonds. The van der Waals surface area contributed by atoms with E-state index in [-0.39, 0.29) is 10.8 Å². The second kappa shape index (κ2) is 6.61. The van der Waals surface area contributed by atoms with Crippen molar-refractivity contribution in [1.29, 1.82) is 0 Å². The Hall–Kier alpha value is -1.75. The first-order chi connectivity index (χ1) is 9.58. The molecule has 5 heteroatoms. The zero-order chi connectivity index (χ0) is 14.5. The number of nitrogens with zero attached hydrogens (tertiary/aromatic N) is 1. The van der Waals surface area contributed by atoms with Crippen molar-refractivity contribution >= 4 is 17.4 Å². The smallest absolute Gasteiger partial charge is 0.251 e. The average Bonchev–Trinajstić information content (AvgIpc) is 2.39. The number of nitrogen functional groups attached to an aromatic ring is 1. The number of nitrogens with two attached hydrogens (primary N) is 1. The van der Waals surface area contributed by atoms with E-state index in [0.29, 0.717) is 5.16 Å². The van der Waals surface area contributed by atoms with Gasteiger partial charge in [0.1, 0.15) is 0 Å². The standard InChI is InChI=1S/C15H19N3OS/c1-3-4-13-9-14(19)18-15(17-13)20-10(2)11-5-7-12(16)8-6-11/h5-10H,3-4,16H2,1-2H3,(H,17,18,19). The molecular formula is C15H19N3OS. The van der Waals surface area contributed by atoms with Crippen LogP contribution in [0.5, 0.6) is 0 Å². The Kier molecular flexibility index (Phi) is 4.84. The van der Waals surface area contributed by atoms with Gasteiger partial charge >= 0.3 is 0 Å². The van der Waals surface area contributed by atoms with Crippen LogP contribution in [0.4, 0.5) is 5.69 Å². The van der Waals surface area contributed by atoms with Gasteiger partial charge in [0.2, 0.25) is 0 Å². The van der Waals surface area contributed by atoms with E-state index in [1.165, 1.54) is 0 Å². The van der Waals surface area contributed by atoms with Gasteiger partial charge in [0.05, 0.1) is 0 Å². The van der Waals surface area contributed by atoms with Crippen molar-refractivity contribution in [3.8, 4) is 0 Å². The summed E-state index contributed by atoms with van der Waals surface area (Å²) < 4.78 is 0. The highest BCUT2D eigenvalue weighted by molar-refractivity contribution is 7.99. The van der Waals surface area contributed by atoms with E-state index >= 15 is 0 Å². The zero-order valence-electron chi connectivity index (χ0n) is 11.7. The van der Waals surface area contributed by atoms with Crippen LogP contribution in [0.25, 0.3) is 0 Å². The fraction of sp³-hybridized carbons (Fsp3) is 0.333. The molecule has 20 heavy (non-hydrogen) atoms. The Bertz CT molecular complexity index is 622. The van der Waals surface area contributed by atoms with E-state index < -0.39 is 0 Å². The number of aromatic amines is 1. The molecule has 0 aliphatic carbocycles. The largest absolute Gasteiger partial charge is 0.399 e. The molecule has 1 aromatic heterocycles. The summed E-state index contributed by atoms with van der Waals surface area (Å²) in [6, 6.07) is 9.34. The number of hydrogen-bond donors (Lipinski definition) is 2. The van der Waals surface area contributed by atoms with Gasteiger partial charge in [-0.2, -0.15) is 0 Å². The monoisotopic (exact) mass is 289 g/mol. The maximum absolute atomic E-state index is 11.6. The van der Waals surface area contributed by atoms with E-state index in [9.17, 15) is 4.79 Å². The lowest BCUT2D eigenvalue weighted by Crippen LogP contribution is -2.10. The molecule has 0 spiro atoms. The highest BCUT2D eigenvalue weighted by Crippen LogP contribution is 2.32. The lowest BCUT2D eigenvalue weighted by atomic mass is 10.1. The van der Waals surface area contributed by atoms with Crippen molar-refractivity contribution in [2.45, 2.75) is 37.1 Å². The Morgan fingerprint density at radius 1 is 1.35 bits per heavy atom. The third-order valence-electron chi connectivity index (χ3n) is 2.97. The van der Waals surface area contributed by atoms with Crippen molar-refractivity contribution in [2.24, 2.45) is 0 Å². The number of nitrogens with one attached hydrogen (secondary N) is 1. The minimum absolute atomic E-state index is 0.0875. The van der Waals surface area contributed by atoms with Gasteiger partial charge in [0, 0.05) is 22.7 Å². The summed E-state index contributed by atoms with van der Waals surface area (Å²) >= 11 is 1.55. The molecule has 2 aromatic rings. The van der Waals surface area contributed by atoms with Crippen LogP contribution in [-0.2, 0) is 6.42 Å². The van der Waals surface area contributed by atoms with Crippen molar-refractivity contribution in [1.82, 2.24) is 9.97 Å². The maximum atomic E-state index is 11.6. The van der Waals surface area contributed by atoms with Gasteiger partial charge in [-0.1, -0.05) is 37.2 Å². The summed E-state index contributed by atoms with van der Waals surface area (Å²) in [5.41, 5.74) is 8.36. The van der Waals surface area contributed by atoms with Crippen LogP contribution in [0, 0.1) is 0 Å². The summed E-state index contributed by atoms with van der Waals surface area (Å²) in [7, 11) is 0. The quantitative estimate of drug-likeness (QED) is 0.504. The highest BCUT2D eigenvalue weighted by Gasteiger charge is 2.10. The van der Waals surface area contributed by atoms with Crippen LogP contribution in [0.2, 0.25) is 0 Å². The molecule has 0 fully saturated rings. The molecule has 0 saturated carbocycles. The molecule has 0 aliphatic rings. The van der Waals surface area contributed by atoms with Gasteiger partial charge in [-0.15, -0.1) is 0 Å². The normalized spacial score (nSPS) is 12.3. The molecule has 1 aromatic carbocycles. The van der Waals surface area contributed by atoms with Crippen LogP contribution in [0.15, 0.2) is 40.3 Å². The minimum Gasteiger partial charge on any atom is -0.399 e. The summed E-state index contributed by atoms with van der Waals surface area (Å²) in [5.74, 6) is 0. The van der Waals surface area contributed by atoms with E-state index in [1.807, 2.05) is 24.3 Å². The molecule has 2 rings (SSSR count). The van der Waals surface area contributed by atoms with Gasteiger partial charge in [0.25, 0.3) is 5.56 Å². The van der Waals surface area contributed by atoms with Crippen molar-refractivity contribution in [3.63, 3.8) is 0 Å². The van der Waals surface area contributed by atoms with Crippen LogP contribution in [-0.4, -0.2) is 9.97 Å². The fourth-order valence-electron chi connectivity index (χ4n) is 1.93. The second-order valence-corrected chi connectivity index (χ2v) is 6.05. The summed E-state index contributed by atoms with van der Waals surface area (Å²) in [6.07, 6.45) is 1.81. The van der Waals surface area contributed by atoms with Crippen LogP contribution in [0.1, 0.15) is 36.8 Å². The van der Waals surface area contributed by atoms with Crippen molar-refractivity contribution in [3.05, 3.63) is 51.9 Å². The molecule has 0 saturated heterocycles. The van der Waals surface area contributed by atoms with Crippen LogP contribution < -0.4 is 11.3 Å². The Morgan fingerprint density at radius 2 is 2.05 bits per heavy atom. The third kappa shape index (κ3) is 3.87. The van der Waals surface area contributed by atoms with Gasteiger partial charge in [0.15, 0.2) is 5.16 Å². The summed E-state index contributed by atoms with van der Waals surface area (Å²) in [5, 5.41) is 0.876. The van der Waals surface area contributed by atoms with Crippen molar-refractivity contribution in [2.75, 3.05) is 5.73 Å². The molecule has 1 heterocycles. The number of thioether (sulfide) groups is 1.